The predicted molar refractivity (Wildman–Crippen MR) is 93.3 cm³/mol. The van der Waals surface area contributed by atoms with Gasteiger partial charge in [0.05, 0.1) is 12.8 Å². The maximum Gasteiger partial charge on any atom is 0.226 e. The number of para-hydroxylation sites is 1. The van der Waals surface area contributed by atoms with E-state index >= 15 is 0 Å². The summed E-state index contributed by atoms with van der Waals surface area (Å²) in [5.74, 6) is 0.827. The van der Waals surface area contributed by atoms with Gasteiger partial charge in [0.15, 0.2) is 11.5 Å². The first-order valence-electron chi connectivity index (χ1n) is 7.97. The standard InChI is InChI=1S/C19H17N3O3/c1-25-16-8-7-12(9-15(16)23)14-10-17(24)21-19-18(14)20-11-22(19)13-5-3-2-4-6-13/h2-9,11,14,23H,10H2,1H3,(H,21,24)/t14-/m0/s1. The highest BCUT2D eigenvalue weighted by Gasteiger charge is 2.31. The van der Waals surface area contributed by atoms with Gasteiger partial charge in [0, 0.05) is 18.0 Å². The van der Waals surface area contributed by atoms with Crippen LogP contribution in [0, 0.1) is 0 Å². The number of rotatable bonds is 3. The Bertz CT molecular complexity index is 934. The second kappa shape index (κ2) is 5.98. The Balaban J connectivity index is 1.80. The van der Waals surface area contributed by atoms with Gasteiger partial charge in [-0.1, -0.05) is 24.3 Å². The summed E-state index contributed by atoms with van der Waals surface area (Å²) in [7, 11) is 1.50. The second-order valence-electron chi connectivity index (χ2n) is 5.92. The molecule has 6 heteroatoms. The summed E-state index contributed by atoms with van der Waals surface area (Å²) in [6, 6.07) is 14.9. The number of phenols is 1. The van der Waals surface area contributed by atoms with Crippen LogP contribution in [0.5, 0.6) is 11.5 Å². The van der Waals surface area contributed by atoms with E-state index in [1.807, 2.05) is 41.0 Å². The number of methoxy groups -OCH3 is 1. The largest absolute Gasteiger partial charge is 0.504 e. The Kier molecular flexibility index (Phi) is 3.65. The number of ether oxygens (including phenoxy) is 1. The molecule has 0 spiro atoms. The number of amides is 1. The van der Waals surface area contributed by atoms with Crippen LogP contribution in [0.25, 0.3) is 5.69 Å². The lowest BCUT2D eigenvalue weighted by atomic mass is 9.89. The van der Waals surface area contributed by atoms with Crippen LogP contribution in [0.3, 0.4) is 0 Å². The van der Waals surface area contributed by atoms with E-state index in [2.05, 4.69) is 10.3 Å². The van der Waals surface area contributed by atoms with E-state index in [1.165, 1.54) is 7.11 Å². The van der Waals surface area contributed by atoms with Crippen LogP contribution in [-0.4, -0.2) is 27.7 Å². The van der Waals surface area contributed by atoms with Gasteiger partial charge < -0.3 is 15.2 Å². The zero-order valence-electron chi connectivity index (χ0n) is 13.6. The van der Waals surface area contributed by atoms with E-state index in [4.69, 9.17) is 4.74 Å². The first kappa shape index (κ1) is 15.3. The van der Waals surface area contributed by atoms with Gasteiger partial charge in [0.2, 0.25) is 5.91 Å². The molecule has 1 aliphatic heterocycles. The van der Waals surface area contributed by atoms with Crippen molar-refractivity contribution in [1.82, 2.24) is 9.55 Å². The van der Waals surface area contributed by atoms with Gasteiger partial charge in [0.25, 0.3) is 0 Å². The molecule has 0 bridgehead atoms. The van der Waals surface area contributed by atoms with Crippen molar-refractivity contribution < 1.29 is 14.6 Å². The molecule has 1 amide bonds. The fourth-order valence-corrected chi connectivity index (χ4v) is 3.19. The summed E-state index contributed by atoms with van der Waals surface area (Å²) in [5, 5.41) is 13.0. The molecule has 0 radical (unpaired) electrons. The van der Waals surface area contributed by atoms with Crippen molar-refractivity contribution in [1.29, 1.82) is 0 Å². The highest BCUT2D eigenvalue weighted by molar-refractivity contribution is 5.94. The van der Waals surface area contributed by atoms with Gasteiger partial charge in [-0.3, -0.25) is 9.36 Å². The maximum absolute atomic E-state index is 12.3. The lowest BCUT2D eigenvalue weighted by Crippen LogP contribution is -2.24. The summed E-state index contributed by atoms with van der Waals surface area (Å²) in [4.78, 5) is 16.8. The number of carbonyl (C=O) groups is 1. The lowest BCUT2D eigenvalue weighted by Gasteiger charge is -2.23. The van der Waals surface area contributed by atoms with Crippen LogP contribution in [0.15, 0.2) is 54.9 Å². The number of imidazole rings is 1. The molecule has 2 N–H and O–H groups in total. The van der Waals surface area contributed by atoms with E-state index in [1.54, 1.807) is 18.5 Å². The summed E-state index contributed by atoms with van der Waals surface area (Å²) in [5.41, 5.74) is 2.54. The number of nitrogens with one attached hydrogen (secondary N) is 1. The van der Waals surface area contributed by atoms with E-state index < -0.39 is 0 Å². The number of fused-ring (bicyclic) bond motifs is 1. The Morgan fingerprint density at radius 1 is 1.24 bits per heavy atom. The second-order valence-corrected chi connectivity index (χ2v) is 5.92. The van der Waals surface area contributed by atoms with Crippen molar-refractivity contribution >= 4 is 11.7 Å². The van der Waals surface area contributed by atoms with E-state index in [0.717, 1.165) is 16.9 Å². The number of benzene rings is 2. The molecule has 0 saturated heterocycles. The van der Waals surface area contributed by atoms with Gasteiger partial charge >= 0.3 is 0 Å². The van der Waals surface area contributed by atoms with Gasteiger partial charge in [-0.2, -0.15) is 0 Å². The van der Waals surface area contributed by atoms with Crippen molar-refractivity contribution in [2.75, 3.05) is 12.4 Å². The Morgan fingerprint density at radius 3 is 2.76 bits per heavy atom. The number of hydrogen-bond acceptors (Lipinski definition) is 4. The van der Waals surface area contributed by atoms with Gasteiger partial charge in [0.1, 0.15) is 12.1 Å². The van der Waals surface area contributed by atoms with Gasteiger partial charge in [-0.25, -0.2) is 4.98 Å². The molecular formula is C19H17N3O3. The molecule has 1 atom stereocenters. The number of anilines is 1. The fraction of sp³-hybridized carbons (Fsp3) is 0.158. The Hall–Kier alpha value is -3.28. The molecule has 4 rings (SSSR count). The average molecular weight is 335 g/mol. The summed E-state index contributed by atoms with van der Waals surface area (Å²) < 4.78 is 6.95. The summed E-state index contributed by atoms with van der Waals surface area (Å²) in [6.07, 6.45) is 1.99. The van der Waals surface area contributed by atoms with Gasteiger partial charge in [-0.15, -0.1) is 0 Å². The quantitative estimate of drug-likeness (QED) is 0.771. The molecular weight excluding hydrogens is 318 g/mol. The number of hydrogen-bond donors (Lipinski definition) is 2. The molecule has 0 saturated carbocycles. The SMILES string of the molecule is COc1ccc([C@@H]2CC(=O)Nc3c2ncn3-c2ccccc2)cc1O. The van der Waals surface area contributed by atoms with Crippen LogP contribution >= 0.6 is 0 Å². The zero-order chi connectivity index (χ0) is 17.4. The third-order valence-corrected chi connectivity index (χ3v) is 4.41. The number of carbonyl (C=O) groups excluding carboxylic acids is 1. The van der Waals surface area contributed by atoms with Crippen LogP contribution < -0.4 is 10.1 Å². The van der Waals surface area contributed by atoms with Crippen LogP contribution in [-0.2, 0) is 4.79 Å². The van der Waals surface area contributed by atoms with Crippen molar-refractivity contribution in [2.45, 2.75) is 12.3 Å². The summed E-state index contributed by atoms with van der Waals surface area (Å²) >= 11 is 0. The van der Waals surface area contributed by atoms with E-state index in [9.17, 15) is 9.90 Å². The molecule has 6 nitrogen and oxygen atoms in total. The third kappa shape index (κ3) is 2.61. The number of nitrogens with zero attached hydrogens (tertiary/aromatic N) is 2. The average Bonchev–Trinajstić information content (AvgIpc) is 3.05. The molecule has 0 fully saturated rings. The van der Waals surface area contributed by atoms with E-state index in [-0.39, 0.29) is 24.0 Å². The molecule has 1 aromatic heterocycles. The van der Waals surface area contributed by atoms with Crippen molar-refractivity contribution in [2.24, 2.45) is 0 Å². The molecule has 126 valence electrons. The maximum atomic E-state index is 12.3. The monoisotopic (exact) mass is 335 g/mol. The predicted octanol–water partition coefficient (Wildman–Crippen LogP) is 3.06. The minimum absolute atomic E-state index is 0.0509. The number of aromatic hydroxyl groups is 1. The normalized spacial score (nSPS) is 16.2. The minimum Gasteiger partial charge on any atom is -0.504 e. The van der Waals surface area contributed by atoms with Gasteiger partial charge in [-0.05, 0) is 29.8 Å². The Labute approximate surface area is 144 Å². The highest BCUT2D eigenvalue weighted by atomic mass is 16.5. The van der Waals surface area contributed by atoms with Crippen LogP contribution in [0.2, 0.25) is 0 Å². The first-order chi connectivity index (χ1) is 12.2. The topological polar surface area (TPSA) is 76.4 Å². The number of phenolic OH excluding ortho intramolecular Hbond substituents is 1. The van der Waals surface area contributed by atoms with Crippen molar-refractivity contribution in [3.8, 4) is 17.2 Å². The van der Waals surface area contributed by atoms with Crippen LogP contribution in [0.1, 0.15) is 23.6 Å². The van der Waals surface area contributed by atoms with Crippen molar-refractivity contribution in [3.63, 3.8) is 0 Å². The molecule has 25 heavy (non-hydrogen) atoms. The molecule has 2 aromatic carbocycles. The molecule has 2 heterocycles. The molecule has 0 unspecified atom stereocenters. The zero-order valence-corrected chi connectivity index (χ0v) is 13.6. The Morgan fingerprint density at radius 2 is 2.04 bits per heavy atom. The third-order valence-electron chi connectivity index (χ3n) is 4.41. The smallest absolute Gasteiger partial charge is 0.226 e. The molecule has 3 aromatic rings. The minimum atomic E-state index is -0.217. The molecule has 1 aliphatic rings. The number of aromatic nitrogens is 2. The highest BCUT2D eigenvalue weighted by Crippen LogP contribution is 2.39. The molecule has 0 aliphatic carbocycles. The van der Waals surface area contributed by atoms with Crippen LogP contribution in [0.4, 0.5) is 5.82 Å². The summed E-state index contributed by atoms with van der Waals surface area (Å²) in [6.45, 7) is 0. The first-order valence-corrected chi connectivity index (χ1v) is 7.97. The lowest BCUT2D eigenvalue weighted by molar-refractivity contribution is -0.116. The van der Waals surface area contributed by atoms with E-state index in [0.29, 0.717) is 11.6 Å². The fourth-order valence-electron chi connectivity index (χ4n) is 3.19. The van der Waals surface area contributed by atoms with Crippen molar-refractivity contribution in [3.05, 3.63) is 66.1 Å².